The molecule has 170 valence electrons. The maximum Gasteiger partial charge on any atom is 0.416 e. The number of hydrogen-bond donors (Lipinski definition) is 2. The SMILES string of the molecule is C[C@]12C[C@@H](c3cccc(C(F)(F)F)c3)N(C(=O)c3cccnc3N)[C@H]1CCCCC(=O)N2. The van der Waals surface area contributed by atoms with E-state index in [1.54, 1.807) is 23.1 Å². The summed E-state index contributed by atoms with van der Waals surface area (Å²) in [7, 11) is 0. The minimum absolute atomic E-state index is 0.0591. The van der Waals surface area contributed by atoms with E-state index in [-0.39, 0.29) is 17.3 Å². The number of aromatic nitrogens is 1. The van der Waals surface area contributed by atoms with Crippen LogP contribution in [0.1, 0.15) is 66.6 Å². The Balaban J connectivity index is 1.82. The summed E-state index contributed by atoms with van der Waals surface area (Å²) in [6, 6.07) is 7.15. The summed E-state index contributed by atoms with van der Waals surface area (Å²) < 4.78 is 40.2. The zero-order chi connectivity index (χ0) is 23.1. The highest BCUT2D eigenvalue weighted by Crippen LogP contribution is 2.46. The number of nitrogen functional groups attached to an aromatic ring is 1. The van der Waals surface area contributed by atoms with Crippen molar-refractivity contribution in [2.24, 2.45) is 0 Å². The summed E-state index contributed by atoms with van der Waals surface area (Å²) in [6.07, 6.45) is -0.300. The van der Waals surface area contributed by atoms with Gasteiger partial charge in [-0.05, 0) is 56.0 Å². The monoisotopic (exact) mass is 446 g/mol. The van der Waals surface area contributed by atoms with Crippen LogP contribution in [0.25, 0.3) is 0 Å². The van der Waals surface area contributed by atoms with E-state index in [9.17, 15) is 22.8 Å². The molecule has 1 aromatic carbocycles. The number of nitrogens with zero attached hydrogens (tertiary/aromatic N) is 2. The predicted molar refractivity (Wildman–Crippen MR) is 112 cm³/mol. The van der Waals surface area contributed by atoms with Crippen LogP contribution in [0.4, 0.5) is 19.0 Å². The molecule has 2 saturated heterocycles. The van der Waals surface area contributed by atoms with Gasteiger partial charge < -0.3 is 16.0 Å². The number of benzene rings is 1. The molecule has 3 heterocycles. The summed E-state index contributed by atoms with van der Waals surface area (Å²) in [4.78, 5) is 31.7. The molecule has 3 atom stereocenters. The van der Waals surface area contributed by atoms with Gasteiger partial charge in [-0.25, -0.2) is 4.98 Å². The van der Waals surface area contributed by atoms with Crippen LogP contribution >= 0.6 is 0 Å². The Labute approximate surface area is 184 Å². The predicted octanol–water partition coefficient (Wildman–Crippen LogP) is 4.09. The van der Waals surface area contributed by atoms with E-state index in [4.69, 9.17) is 5.73 Å². The molecule has 0 unspecified atom stereocenters. The molecular weight excluding hydrogens is 421 g/mol. The van der Waals surface area contributed by atoms with Crippen molar-refractivity contribution in [2.45, 2.75) is 62.8 Å². The van der Waals surface area contributed by atoms with Gasteiger partial charge in [0.1, 0.15) is 5.82 Å². The second kappa shape index (κ2) is 8.11. The average Bonchev–Trinajstić information content (AvgIpc) is 3.00. The first-order valence-electron chi connectivity index (χ1n) is 10.6. The fourth-order valence-corrected chi connectivity index (χ4v) is 4.98. The number of fused-ring (bicyclic) bond motifs is 1. The van der Waals surface area contributed by atoms with Gasteiger partial charge in [0.05, 0.1) is 28.7 Å². The van der Waals surface area contributed by atoms with E-state index in [2.05, 4.69) is 10.3 Å². The van der Waals surface area contributed by atoms with Crippen LogP contribution in [0.2, 0.25) is 0 Å². The fourth-order valence-electron chi connectivity index (χ4n) is 4.98. The van der Waals surface area contributed by atoms with Crippen LogP contribution < -0.4 is 11.1 Å². The van der Waals surface area contributed by atoms with Gasteiger partial charge in [0.25, 0.3) is 5.91 Å². The summed E-state index contributed by atoms with van der Waals surface area (Å²) >= 11 is 0. The first-order chi connectivity index (χ1) is 15.1. The van der Waals surface area contributed by atoms with Crippen LogP contribution in [0.5, 0.6) is 0 Å². The van der Waals surface area contributed by atoms with Crippen molar-refractivity contribution >= 4 is 17.6 Å². The van der Waals surface area contributed by atoms with Crippen LogP contribution in [0.3, 0.4) is 0 Å². The Morgan fingerprint density at radius 3 is 2.75 bits per heavy atom. The highest BCUT2D eigenvalue weighted by atomic mass is 19.4. The summed E-state index contributed by atoms with van der Waals surface area (Å²) in [6.45, 7) is 1.86. The second-order valence-electron chi connectivity index (χ2n) is 8.72. The number of amides is 2. The number of halogens is 3. The molecule has 0 saturated carbocycles. The molecule has 2 fully saturated rings. The third-order valence-corrected chi connectivity index (χ3v) is 6.48. The molecule has 9 heteroatoms. The van der Waals surface area contributed by atoms with Crippen molar-refractivity contribution in [3.05, 3.63) is 59.3 Å². The number of alkyl halides is 3. The van der Waals surface area contributed by atoms with E-state index in [1.165, 1.54) is 12.3 Å². The number of carbonyl (C=O) groups excluding carboxylic acids is 2. The van der Waals surface area contributed by atoms with Gasteiger partial charge in [0.2, 0.25) is 5.91 Å². The Kier molecular flexibility index (Phi) is 5.60. The lowest BCUT2D eigenvalue weighted by atomic mass is 9.85. The number of pyridine rings is 1. The van der Waals surface area contributed by atoms with E-state index in [0.717, 1.165) is 18.6 Å². The van der Waals surface area contributed by atoms with Gasteiger partial charge in [0.15, 0.2) is 0 Å². The summed E-state index contributed by atoms with van der Waals surface area (Å²) in [5.41, 5.74) is 4.97. The zero-order valence-corrected chi connectivity index (χ0v) is 17.7. The van der Waals surface area contributed by atoms with Gasteiger partial charge >= 0.3 is 6.18 Å². The van der Waals surface area contributed by atoms with Gasteiger partial charge in [-0.1, -0.05) is 18.6 Å². The number of hydrogen-bond acceptors (Lipinski definition) is 4. The molecule has 4 rings (SSSR count). The maximum absolute atomic E-state index is 13.7. The zero-order valence-electron chi connectivity index (χ0n) is 17.7. The minimum atomic E-state index is -4.50. The molecule has 3 N–H and O–H groups in total. The van der Waals surface area contributed by atoms with Gasteiger partial charge in [0, 0.05) is 12.6 Å². The first-order valence-corrected chi connectivity index (χ1v) is 10.6. The highest BCUT2D eigenvalue weighted by Gasteiger charge is 2.53. The number of rotatable bonds is 2. The van der Waals surface area contributed by atoms with E-state index >= 15 is 0 Å². The number of nitrogens with two attached hydrogens (primary N) is 1. The molecule has 2 aliphatic rings. The van der Waals surface area contributed by atoms with E-state index in [1.807, 2.05) is 6.92 Å². The molecule has 32 heavy (non-hydrogen) atoms. The van der Waals surface area contributed by atoms with E-state index < -0.39 is 35.3 Å². The molecule has 1 aromatic heterocycles. The van der Waals surface area contributed by atoms with Crippen LogP contribution in [0.15, 0.2) is 42.6 Å². The third-order valence-electron chi connectivity index (χ3n) is 6.48. The molecule has 0 spiro atoms. The number of likely N-dealkylation sites (tertiary alicyclic amines) is 1. The van der Waals surface area contributed by atoms with E-state index in [0.29, 0.717) is 31.2 Å². The number of anilines is 1. The van der Waals surface area contributed by atoms with Crippen molar-refractivity contribution in [2.75, 3.05) is 5.73 Å². The number of carbonyl (C=O) groups is 2. The molecule has 0 bridgehead atoms. The number of nitrogens with one attached hydrogen (secondary N) is 1. The standard InChI is InChI=1S/C23H25F3N4O2/c1-22-13-17(14-6-4-7-15(12-14)23(24,25)26)30(18(22)9-2-3-10-19(31)29-22)21(32)16-8-5-11-28-20(16)27/h4-8,11-12,17-18H,2-3,9-10,13H2,1H3,(H2,27,28)(H,29,31)/t17-,18-,22-/m0/s1. The van der Waals surface area contributed by atoms with Crippen molar-refractivity contribution in [1.29, 1.82) is 0 Å². The second-order valence-corrected chi connectivity index (χ2v) is 8.72. The molecule has 0 aliphatic carbocycles. The third kappa shape index (κ3) is 4.03. The topological polar surface area (TPSA) is 88.3 Å². The lowest BCUT2D eigenvalue weighted by Crippen LogP contribution is -2.56. The molecule has 6 nitrogen and oxygen atoms in total. The maximum atomic E-state index is 13.7. The summed E-state index contributed by atoms with van der Waals surface area (Å²) in [5.74, 6) is -0.458. The minimum Gasteiger partial charge on any atom is -0.383 e. The Hall–Kier alpha value is -3.10. The van der Waals surface area contributed by atoms with Crippen LogP contribution in [-0.4, -0.2) is 33.3 Å². The quantitative estimate of drug-likeness (QED) is 0.728. The van der Waals surface area contributed by atoms with Gasteiger partial charge in [-0.15, -0.1) is 0 Å². The molecule has 2 amide bonds. The molecule has 0 radical (unpaired) electrons. The van der Waals surface area contributed by atoms with Crippen molar-refractivity contribution < 1.29 is 22.8 Å². The lowest BCUT2D eigenvalue weighted by Gasteiger charge is -2.38. The Morgan fingerprint density at radius 2 is 2.03 bits per heavy atom. The van der Waals surface area contributed by atoms with Gasteiger partial charge in [-0.3, -0.25) is 9.59 Å². The average molecular weight is 446 g/mol. The van der Waals surface area contributed by atoms with Crippen LogP contribution in [-0.2, 0) is 11.0 Å². The first kappa shape index (κ1) is 22.1. The Morgan fingerprint density at radius 1 is 1.25 bits per heavy atom. The van der Waals surface area contributed by atoms with Gasteiger partial charge in [-0.2, -0.15) is 13.2 Å². The van der Waals surface area contributed by atoms with Crippen molar-refractivity contribution in [3.8, 4) is 0 Å². The van der Waals surface area contributed by atoms with Crippen LogP contribution in [0, 0.1) is 0 Å². The lowest BCUT2D eigenvalue weighted by molar-refractivity contribution is -0.137. The van der Waals surface area contributed by atoms with Crippen molar-refractivity contribution in [3.63, 3.8) is 0 Å². The Bertz CT molecular complexity index is 1040. The highest BCUT2D eigenvalue weighted by molar-refractivity contribution is 5.99. The van der Waals surface area contributed by atoms with Crippen molar-refractivity contribution in [1.82, 2.24) is 15.2 Å². The largest absolute Gasteiger partial charge is 0.416 e. The molecule has 2 aliphatic heterocycles. The normalized spacial score (nSPS) is 26.1. The smallest absolute Gasteiger partial charge is 0.383 e. The molecule has 2 aromatic rings. The molecular formula is C23H25F3N4O2. The summed E-state index contributed by atoms with van der Waals surface area (Å²) in [5, 5.41) is 3.05. The fraction of sp³-hybridized carbons (Fsp3) is 0.435.